The minimum absolute atomic E-state index is 0.214. The molecule has 0 radical (unpaired) electrons. The summed E-state index contributed by atoms with van der Waals surface area (Å²) in [5.74, 6) is -0.310. The van der Waals surface area contributed by atoms with Gasteiger partial charge in [0.1, 0.15) is 23.8 Å². The number of carboxylic acids is 1. The Balaban J connectivity index is 1.66. The molecule has 3 aromatic carbocycles. The fourth-order valence-corrected chi connectivity index (χ4v) is 2.69. The predicted octanol–water partition coefficient (Wildman–Crippen LogP) is 4.13. The van der Waals surface area contributed by atoms with Crippen LogP contribution in [0.4, 0.5) is 0 Å². The number of hydrogen-bond acceptors (Lipinski definition) is 4. The van der Waals surface area contributed by atoms with Crippen LogP contribution in [0.3, 0.4) is 0 Å². The van der Waals surface area contributed by atoms with E-state index in [2.05, 4.69) is 5.32 Å². The molecule has 6 heteroatoms. The fraction of sp³-hybridized carbons (Fsp3) is 0.0833. The smallest absolute Gasteiger partial charge is 0.352 e. The monoisotopic (exact) mass is 403 g/mol. The van der Waals surface area contributed by atoms with E-state index in [4.69, 9.17) is 9.47 Å². The van der Waals surface area contributed by atoms with E-state index in [1.807, 2.05) is 24.3 Å². The molecule has 0 aromatic heterocycles. The first-order chi connectivity index (χ1) is 14.5. The quantitative estimate of drug-likeness (QED) is 0.553. The van der Waals surface area contributed by atoms with Gasteiger partial charge in [-0.15, -0.1) is 0 Å². The van der Waals surface area contributed by atoms with Gasteiger partial charge >= 0.3 is 5.97 Å². The lowest BCUT2D eigenvalue weighted by molar-refractivity contribution is -0.132. The van der Waals surface area contributed by atoms with Gasteiger partial charge in [-0.3, -0.25) is 4.79 Å². The van der Waals surface area contributed by atoms with Gasteiger partial charge in [-0.2, -0.15) is 0 Å². The molecule has 0 aliphatic carbocycles. The van der Waals surface area contributed by atoms with Crippen molar-refractivity contribution in [2.45, 2.75) is 6.61 Å². The predicted molar refractivity (Wildman–Crippen MR) is 113 cm³/mol. The minimum atomic E-state index is -1.22. The summed E-state index contributed by atoms with van der Waals surface area (Å²) in [7, 11) is 1.61. The van der Waals surface area contributed by atoms with Crippen LogP contribution in [0.2, 0.25) is 0 Å². The number of nitrogens with one attached hydrogen (secondary N) is 1. The molecular formula is C24H21NO5. The lowest BCUT2D eigenvalue weighted by atomic mass is 10.1. The van der Waals surface area contributed by atoms with E-state index in [9.17, 15) is 14.7 Å². The molecule has 3 aromatic rings. The summed E-state index contributed by atoms with van der Waals surface area (Å²) in [6.45, 7) is 0.375. The second kappa shape index (κ2) is 9.93. The zero-order valence-electron chi connectivity index (χ0n) is 16.4. The van der Waals surface area contributed by atoms with Crippen LogP contribution in [0, 0.1) is 0 Å². The number of ether oxygens (including phenoxy) is 2. The molecule has 0 aliphatic rings. The van der Waals surface area contributed by atoms with Crippen molar-refractivity contribution in [3.05, 3.63) is 101 Å². The highest BCUT2D eigenvalue weighted by atomic mass is 16.5. The van der Waals surface area contributed by atoms with Crippen molar-refractivity contribution in [1.82, 2.24) is 5.32 Å². The summed E-state index contributed by atoms with van der Waals surface area (Å²) in [6.07, 6.45) is 1.40. The number of carboxylic acid groups (broad SMARTS) is 1. The minimum Gasteiger partial charge on any atom is -0.497 e. The highest BCUT2D eigenvalue weighted by molar-refractivity contribution is 6.02. The first-order valence-electron chi connectivity index (χ1n) is 9.22. The van der Waals surface area contributed by atoms with Gasteiger partial charge in [0.2, 0.25) is 0 Å². The maximum absolute atomic E-state index is 12.2. The zero-order valence-corrected chi connectivity index (χ0v) is 16.4. The van der Waals surface area contributed by atoms with Gasteiger partial charge in [0, 0.05) is 5.56 Å². The number of carbonyl (C=O) groups is 2. The summed E-state index contributed by atoms with van der Waals surface area (Å²) >= 11 is 0. The standard InChI is InChI=1S/C24H21NO5/c1-29-21-9-5-6-18(14-21)16-30-20-12-10-17(11-13-20)15-22(24(27)28)25-23(26)19-7-3-2-4-8-19/h2-15H,16H2,1H3,(H,25,26)(H,27,28)/b22-15-. The molecule has 0 unspecified atom stereocenters. The molecule has 0 atom stereocenters. The first-order valence-corrected chi connectivity index (χ1v) is 9.22. The molecule has 1 amide bonds. The van der Waals surface area contributed by atoms with Crippen LogP contribution in [0.15, 0.2) is 84.6 Å². The van der Waals surface area contributed by atoms with Crippen LogP contribution in [-0.2, 0) is 11.4 Å². The Labute approximate surface area is 174 Å². The van der Waals surface area contributed by atoms with Crippen LogP contribution < -0.4 is 14.8 Å². The number of hydrogen-bond donors (Lipinski definition) is 2. The summed E-state index contributed by atoms with van der Waals surface area (Å²) in [4.78, 5) is 23.8. The fourth-order valence-electron chi connectivity index (χ4n) is 2.69. The summed E-state index contributed by atoms with van der Waals surface area (Å²) in [5.41, 5.74) is 1.75. The molecule has 0 aliphatic heterocycles. The molecule has 30 heavy (non-hydrogen) atoms. The lowest BCUT2D eigenvalue weighted by Gasteiger charge is -2.09. The van der Waals surface area contributed by atoms with E-state index in [0.29, 0.717) is 23.5 Å². The van der Waals surface area contributed by atoms with Crippen LogP contribution in [0.25, 0.3) is 6.08 Å². The summed E-state index contributed by atoms with van der Waals surface area (Å²) < 4.78 is 11.0. The molecule has 6 nitrogen and oxygen atoms in total. The molecule has 0 saturated heterocycles. The molecule has 0 bridgehead atoms. The first kappa shape index (κ1) is 20.7. The zero-order chi connectivity index (χ0) is 21.3. The van der Waals surface area contributed by atoms with Gasteiger partial charge in [-0.1, -0.05) is 42.5 Å². The van der Waals surface area contributed by atoms with Crippen LogP contribution in [0.1, 0.15) is 21.5 Å². The Kier molecular flexibility index (Phi) is 6.84. The van der Waals surface area contributed by atoms with Crippen LogP contribution in [-0.4, -0.2) is 24.1 Å². The van der Waals surface area contributed by atoms with E-state index in [1.54, 1.807) is 61.7 Å². The number of methoxy groups -OCH3 is 1. The topological polar surface area (TPSA) is 84.9 Å². The second-order valence-electron chi connectivity index (χ2n) is 6.39. The second-order valence-corrected chi connectivity index (χ2v) is 6.39. The number of amides is 1. The Morgan fingerprint density at radius 1 is 0.933 bits per heavy atom. The molecule has 152 valence electrons. The van der Waals surface area contributed by atoms with Gasteiger partial charge < -0.3 is 19.9 Å². The van der Waals surface area contributed by atoms with Crippen molar-refractivity contribution in [2.75, 3.05) is 7.11 Å². The van der Waals surface area contributed by atoms with Gasteiger partial charge in [0.05, 0.1) is 7.11 Å². The van der Waals surface area contributed by atoms with E-state index < -0.39 is 11.9 Å². The molecule has 3 rings (SSSR count). The highest BCUT2D eigenvalue weighted by Crippen LogP contribution is 2.18. The van der Waals surface area contributed by atoms with Crippen LogP contribution >= 0.6 is 0 Å². The van der Waals surface area contributed by atoms with Crippen molar-refractivity contribution in [2.24, 2.45) is 0 Å². The van der Waals surface area contributed by atoms with Crippen molar-refractivity contribution in [1.29, 1.82) is 0 Å². The normalized spacial score (nSPS) is 10.9. The summed E-state index contributed by atoms with van der Waals surface area (Å²) in [5, 5.41) is 11.9. The molecule has 0 fully saturated rings. The molecule has 2 N–H and O–H groups in total. The van der Waals surface area contributed by atoms with Crippen LogP contribution in [0.5, 0.6) is 11.5 Å². The third kappa shape index (κ3) is 5.72. The van der Waals surface area contributed by atoms with E-state index in [1.165, 1.54) is 6.08 Å². The van der Waals surface area contributed by atoms with Crippen molar-refractivity contribution in [3.63, 3.8) is 0 Å². The number of rotatable bonds is 8. The van der Waals surface area contributed by atoms with Gasteiger partial charge in [-0.25, -0.2) is 4.79 Å². The van der Waals surface area contributed by atoms with E-state index in [-0.39, 0.29) is 5.70 Å². The molecule has 0 spiro atoms. The average Bonchev–Trinajstić information content (AvgIpc) is 2.78. The Bertz CT molecular complexity index is 1040. The third-order valence-electron chi connectivity index (χ3n) is 4.25. The van der Waals surface area contributed by atoms with Gasteiger partial charge in [0.25, 0.3) is 5.91 Å². The Morgan fingerprint density at radius 3 is 2.33 bits per heavy atom. The lowest BCUT2D eigenvalue weighted by Crippen LogP contribution is -2.27. The molecule has 0 heterocycles. The maximum atomic E-state index is 12.2. The largest absolute Gasteiger partial charge is 0.497 e. The van der Waals surface area contributed by atoms with Crippen molar-refractivity contribution >= 4 is 18.0 Å². The Morgan fingerprint density at radius 2 is 1.67 bits per heavy atom. The highest BCUT2D eigenvalue weighted by Gasteiger charge is 2.13. The number of benzene rings is 3. The van der Waals surface area contributed by atoms with Gasteiger partial charge in [-0.05, 0) is 53.6 Å². The third-order valence-corrected chi connectivity index (χ3v) is 4.25. The van der Waals surface area contributed by atoms with E-state index in [0.717, 1.165) is 11.3 Å². The van der Waals surface area contributed by atoms with Crippen molar-refractivity contribution < 1.29 is 24.2 Å². The SMILES string of the molecule is COc1cccc(COc2ccc(/C=C(\NC(=O)c3ccccc3)C(=O)O)cc2)c1. The number of carbonyl (C=O) groups excluding carboxylic acids is 1. The van der Waals surface area contributed by atoms with Gasteiger partial charge in [0.15, 0.2) is 0 Å². The Hall–Kier alpha value is -4.06. The molecular weight excluding hydrogens is 382 g/mol. The maximum Gasteiger partial charge on any atom is 0.352 e. The summed E-state index contributed by atoms with van der Waals surface area (Å²) in [6, 6.07) is 22.9. The molecule has 0 saturated carbocycles. The number of aliphatic carboxylic acids is 1. The van der Waals surface area contributed by atoms with E-state index >= 15 is 0 Å². The average molecular weight is 403 g/mol. The van der Waals surface area contributed by atoms with Crippen molar-refractivity contribution in [3.8, 4) is 11.5 Å².